The van der Waals surface area contributed by atoms with Crippen LogP contribution in [0.3, 0.4) is 0 Å². The second-order valence-corrected chi connectivity index (χ2v) is 3.66. The van der Waals surface area contributed by atoms with E-state index < -0.39 is 36.5 Å². The highest BCUT2D eigenvalue weighted by atomic mass is 16.5. The molecule has 0 fully saturated rings. The molecule has 17 heavy (non-hydrogen) atoms. The first-order valence-corrected chi connectivity index (χ1v) is 5.14. The molecular formula is C10H16O7. The largest absolute Gasteiger partial charge is 0.481 e. The fourth-order valence-corrected chi connectivity index (χ4v) is 1.24. The summed E-state index contributed by atoms with van der Waals surface area (Å²) in [4.78, 5) is 31.3. The molecule has 0 saturated heterocycles. The van der Waals surface area contributed by atoms with Gasteiger partial charge in [-0.15, -0.1) is 0 Å². The molecule has 98 valence electrons. The van der Waals surface area contributed by atoms with E-state index in [1.165, 1.54) is 0 Å². The summed E-state index contributed by atoms with van der Waals surface area (Å²) in [6.07, 6.45) is -1.80. The van der Waals surface area contributed by atoms with Crippen molar-refractivity contribution in [2.45, 2.75) is 44.8 Å². The van der Waals surface area contributed by atoms with Crippen LogP contribution in [0, 0.1) is 0 Å². The summed E-state index contributed by atoms with van der Waals surface area (Å²) >= 11 is 0. The van der Waals surface area contributed by atoms with E-state index in [1.54, 1.807) is 6.92 Å². The molecule has 0 aliphatic heterocycles. The molecule has 0 aromatic carbocycles. The zero-order valence-corrected chi connectivity index (χ0v) is 9.46. The van der Waals surface area contributed by atoms with Crippen LogP contribution in [0.5, 0.6) is 0 Å². The van der Waals surface area contributed by atoms with Crippen LogP contribution < -0.4 is 0 Å². The second-order valence-electron chi connectivity index (χ2n) is 3.66. The molecule has 0 saturated carbocycles. The van der Waals surface area contributed by atoms with Crippen LogP contribution >= 0.6 is 0 Å². The van der Waals surface area contributed by atoms with Crippen LogP contribution in [-0.4, -0.2) is 45.4 Å². The first-order chi connectivity index (χ1) is 7.82. The minimum absolute atomic E-state index is 0.0234. The van der Waals surface area contributed by atoms with E-state index >= 15 is 0 Å². The van der Waals surface area contributed by atoms with E-state index in [0.29, 0.717) is 12.8 Å². The van der Waals surface area contributed by atoms with Gasteiger partial charge < -0.3 is 20.1 Å². The molecule has 2 unspecified atom stereocenters. The third-order valence-electron chi connectivity index (χ3n) is 2.03. The molecule has 0 aliphatic carbocycles. The van der Waals surface area contributed by atoms with Gasteiger partial charge in [0.1, 0.15) is 0 Å². The Labute approximate surface area is 98.0 Å². The highest BCUT2D eigenvalue weighted by molar-refractivity contribution is 5.79. The number of carbonyl (C=O) groups is 3. The highest BCUT2D eigenvalue weighted by Crippen LogP contribution is 2.10. The summed E-state index contributed by atoms with van der Waals surface area (Å²) in [5.41, 5.74) is 0. The molecule has 0 rings (SSSR count). The van der Waals surface area contributed by atoms with Crippen molar-refractivity contribution in [3.8, 4) is 0 Å². The van der Waals surface area contributed by atoms with Crippen LogP contribution in [0.4, 0.5) is 0 Å². The zero-order valence-electron chi connectivity index (χ0n) is 9.46. The Morgan fingerprint density at radius 1 is 1.12 bits per heavy atom. The summed E-state index contributed by atoms with van der Waals surface area (Å²) in [6, 6.07) is 0. The molecular weight excluding hydrogens is 232 g/mol. The average molecular weight is 248 g/mol. The van der Waals surface area contributed by atoms with Gasteiger partial charge in [-0.2, -0.15) is 0 Å². The maximum Gasteiger partial charge on any atom is 0.333 e. The van der Waals surface area contributed by atoms with E-state index in [0.717, 1.165) is 0 Å². The van der Waals surface area contributed by atoms with Gasteiger partial charge in [-0.1, -0.05) is 0 Å². The Morgan fingerprint density at radius 3 is 2.12 bits per heavy atom. The molecule has 0 aromatic heterocycles. The van der Waals surface area contributed by atoms with E-state index in [4.69, 9.17) is 20.1 Å². The fourth-order valence-electron chi connectivity index (χ4n) is 1.24. The van der Waals surface area contributed by atoms with Crippen LogP contribution in [0.15, 0.2) is 0 Å². The first-order valence-electron chi connectivity index (χ1n) is 5.14. The van der Waals surface area contributed by atoms with Gasteiger partial charge in [-0.25, -0.2) is 4.79 Å². The lowest BCUT2D eigenvalue weighted by Crippen LogP contribution is -2.30. The normalized spacial score (nSPS) is 13.9. The zero-order chi connectivity index (χ0) is 13.4. The predicted molar refractivity (Wildman–Crippen MR) is 55.7 cm³/mol. The second kappa shape index (κ2) is 7.61. The van der Waals surface area contributed by atoms with Gasteiger partial charge in [0, 0.05) is 6.42 Å². The van der Waals surface area contributed by atoms with Gasteiger partial charge in [-0.3, -0.25) is 9.59 Å². The van der Waals surface area contributed by atoms with Crippen molar-refractivity contribution in [1.29, 1.82) is 0 Å². The van der Waals surface area contributed by atoms with Crippen molar-refractivity contribution in [2.24, 2.45) is 0 Å². The summed E-state index contributed by atoms with van der Waals surface area (Å²) in [6.45, 7) is 1.58. The van der Waals surface area contributed by atoms with E-state index in [1.807, 2.05) is 0 Å². The third kappa shape index (κ3) is 8.21. The number of hydrogen-bond donors (Lipinski definition) is 3. The Morgan fingerprint density at radius 2 is 1.71 bits per heavy atom. The smallest absolute Gasteiger partial charge is 0.333 e. The molecule has 0 bridgehead atoms. The minimum atomic E-state index is -1.40. The Balaban J connectivity index is 4.03. The molecule has 7 heteroatoms. The maximum absolute atomic E-state index is 10.7. The summed E-state index contributed by atoms with van der Waals surface area (Å²) in [7, 11) is 0. The number of ether oxygens (including phenoxy) is 1. The van der Waals surface area contributed by atoms with Gasteiger partial charge in [0.05, 0.1) is 12.5 Å². The Bertz CT molecular complexity index is 286. The lowest BCUT2D eigenvalue weighted by molar-refractivity contribution is -0.160. The number of aliphatic carboxylic acids is 3. The maximum atomic E-state index is 10.7. The van der Waals surface area contributed by atoms with Crippen molar-refractivity contribution in [3.63, 3.8) is 0 Å². The average Bonchev–Trinajstić information content (AvgIpc) is 2.15. The van der Waals surface area contributed by atoms with E-state index in [2.05, 4.69) is 0 Å². The highest BCUT2D eigenvalue weighted by Gasteiger charge is 2.23. The Hall–Kier alpha value is -1.63. The molecule has 0 aromatic rings. The van der Waals surface area contributed by atoms with Crippen LogP contribution in [0.2, 0.25) is 0 Å². The number of carboxylic acids is 3. The molecule has 0 heterocycles. The summed E-state index contributed by atoms with van der Waals surface area (Å²) in [5.74, 6) is -3.52. The molecule has 2 atom stereocenters. The summed E-state index contributed by atoms with van der Waals surface area (Å²) < 4.78 is 5.03. The molecule has 0 aliphatic rings. The SMILES string of the molecule is CC(CCCC(=O)O)OC(CC(=O)O)C(=O)O. The van der Waals surface area contributed by atoms with Crippen LogP contribution in [0.25, 0.3) is 0 Å². The molecule has 0 radical (unpaired) electrons. The minimum Gasteiger partial charge on any atom is -0.481 e. The lowest BCUT2D eigenvalue weighted by atomic mass is 10.1. The topological polar surface area (TPSA) is 121 Å². The molecule has 3 N–H and O–H groups in total. The van der Waals surface area contributed by atoms with Crippen molar-refractivity contribution >= 4 is 17.9 Å². The predicted octanol–water partition coefficient (Wildman–Crippen LogP) is 0.574. The molecule has 0 spiro atoms. The number of carboxylic acid groups (broad SMARTS) is 3. The molecule has 7 nitrogen and oxygen atoms in total. The lowest BCUT2D eigenvalue weighted by Gasteiger charge is -2.17. The fraction of sp³-hybridized carbons (Fsp3) is 0.700. The van der Waals surface area contributed by atoms with Crippen molar-refractivity contribution in [1.82, 2.24) is 0 Å². The Kier molecular flexibility index (Phi) is 6.88. The van der Waals surface area contributed by atoms with Crippen LogP contribution in [0.1, 0.15) is 32.6 Å². The van der Waals surface area contributed by atoms with Gasteiger partial charge in [0.25, 0.3) is 0 Å². The van der Waals surface area contributed by atoms with Gasteiger partial charge in [0.15, 0.2) is 6.10 Å². The van der Waals surface area contributed by atoms with Gasteiger partial charge in [0.2, 0.25) is 0 Å². The number of rotatable bonds is 9. The summed E-state index contributed by atoms with van der Waals surface area (Å²) in [5, 5.41) is 25.6. The van der Waals surface area contributed by atoms with Crippen molar-refractivity contribution in [2.75, 3.05) is 0 Å². The first kappa shape index (κ1) is 15.4. The van der Waals surface area contributed by atoms with Crippen molar-refractivity contribution < 1.29 is 34.4 Å². The number of hydrogen-bond acceptors (Lipinski definition) is 4. The van der Waals surface area contributed by atoms with E-state index in [9.17, 15) is 14.4 Å². The third-order valence-corrected chi connectivity index (χ3v) is 2.03. The van der Waals surface area contributed by atoms with Gasteiger partial charge in [-0.05, 0) is 19.8 Å². The van der Waals surface area contributed by atoms with Gasteiger partial charge >= 0.3 is 17.9 Å². The quantitative estimate of drug-likeness (QED) is 0.545. The standard InChI is InChI=1S/C10H16O7/c1-6(3-2-4-8(11)12)17-7(10(15)16)5-9(13)14/h6-7H,2-5H2,1H3,(H,11,12)(H,13,14)(H,15,16). The monoisotopic (exact) mass is 248 g/mol. The molecule has 0 amide bonds. The van der Waals surface area contributed by atoms with Crippen molar-refractivity contribution in [3.05, 3.63) is 0 Å². The van der Waals surface area contributed by atoms with E-state index in [-0.39, 0.29) is 6.42 Å². The van der Waals surface area contributed by atoms with Crippen LogP contribution in [-0.2, 0) is 19.1 Å².